The van der Waals surface area contributed by atoms with E-state index >= 15 is 0 Å². The zero-order valence-corrected chi connectivity index (χ0v) is 12.2. The molecule has 0 spiro atoms. The monoisotopic (exact) mass is 288 g/mol. The van der Waals surface area contributed by atoms with Crippen LogP contribution in [-0.2, 0) is 4.74 Å². The second-order valence-corrected chi connectivity index (χ2v) is 4.60. The molecule has 0 fully saturated rings. The van der Waals surface area contributed by atoms with Crippen LogP contribution < -0.4 is 4.74 Å². The van der Waals surface area contributed by atoms with Gasteiger partial charge in [0.2, 0.25) is 0 Å². The van der Waals surface area contributed by atoms with E-state index in [1.807, 2.05) is 37.3 Å². The second-order valence-electron chi connectivity index (χ2n) is 4.22. The Bertz CT molecular complexity index is 626. The number of alkyl halides is 1. The third-order valence-electron chi connectivity index (χ3n) is 2.78. The summed E-state index contributed by atoms with van der Waals surface area (Å²) in [5, 5.41) is 2.27. The van der Waals surface area contributed by atoms with E-state index in [9.17, 15) is 0 Å². The van der Waals surface area contributed by atoms with Crippen LogP contribution in [0.5, 0.6) is 5.75 Å². The number of hydrogen-bond acceptors (Lipinski definition) is 2. The first-order chi connectivity index (χ1) is 9.83. The molecule has 0 amide bonds. The molecule has 3 heteroatoms. The Hall–Kier alpha value is -1.69. The Morgan fingerprint density at radius 3 is 2.70 bits per heavy atom. The Labute approximate surface area is 124 Å². The SMILES string of the molecule is CCOCOc1ccc2cc(C#CCCCl)ccc2c1. The summed E-state index contributed by atoms with van der Waals surface area (Å²) in [6.45, 7) is 2.87. The van der Waals surface area contributed by atoms with Crippen LogP contribution >= 0.6 is 11.6 Å². The number of halogens is 1. The molecular formula is C17H17ClO2. The van der Waals surface area contributed by atoms with Crippen molar-refractivity contribution in [2.45, 2.75) is 13.3 Å². The van der Waals surface area contributed by atoms with Crippen molar-refractivity contribution in [3.8, 4) is 17.6 Å². The van der Waals surface area contributed by atoms with Gasteiger partial charge in [-0.15, -0.1) is 11.6 Å². The minimum atomic E-state index is 0.282. The zero-order valence-electron chi connectivity index (χ0n) is 11.5. The lowest BCUT2D eigenvalue weighted by molar-refractivity contribution is 0.0225. The summed E-state index contributed by atoms with van der Waals surface area (Å²) >= 11 is 5.61. The fourth-order valence-corrected chi connectivity index (χ4v) is 1.89. The highest BCUT2D eigenvalue weighted by Crippen LogP contribution is 2.22. The van der Waals surface area contributed by atoms with Crippen LogP contribution in [0.1, 0.15) is 18.9 Å². The molecule has 0 aliphatic heterocycles. The molecule has 0 atom stereocenters. The molecule has 2 aromatic rings. The summed E-state index contributed by atoms with van der Waals surface area (Å²) in [5.74, 6) is 7.53. The van der Waals surface area contributed by atoms with Crippen molar-refractivity contribution in [2.24, 2.45) is 0 Å². The van der Waals surface area contributed by atoms with Crippen LogP contribution in [0.15, 0.2) is 36.4 Å². The first kappa shape index (κ1) is 14.7. The van der Waals surface area contributed by atoms with Crippen molar-refractivity contribution < 1.29 is 9.47 Å². The summed E-state index contributed by atoms with van der Waals surface area (Å²) in [5.41, 5.74) is 1.01. The molecule has 0 unspecified atom stereocenters. The van der Waals surface area contributed by atoms with E-state index in [2.05, 4.69) is 17.9 Å². The lowest BCUT2D eigenvalue weighted by atomic mass is 10.1. The number of ether oxygens (including phenoxy) is 2. The molecule has 2 rings (SSSR count). The minimum Gasteiger partial charge on any atom is -0.468 e. The highest BCUT2D eigenvalue weighted by molar-refractivity contribution is 6.18. The summed E-state index contributed by atoms with van der Waals surface area (Å²) in [6.07, 6.45) is 0.712. The van der Waals surface area contributed by atoms with E-state index in [4.69, 9.17) is 21.1 Å². The summed E-state index contributed by atoms with van der Waals surface area (Å²) < 4.78 is 10.7. The molecule has 0 heterocycles. The fourth-order valence-electron chi connectivity index (χ4n) is 1.80. The highest BCUT2D eigenvalue weighted by Gasteiger charge is 1.98. The maximum absolute atomic E-state index is 5.61. The van der Waals surface area contributed by atoms with Crippen molar-refractivity contribution in [1.82, 2.24) is 0 Å². The summed E-state index contributed by atoms with van der Waals surface area (Å²) in [6, 6.07) is 12.1. The van der Waals surface area contributed by atoms with Gasteiger partial charge in [-0.25, -0.2) is 0 Å². The van der Waals surface area contributed by atoms with E-state index in [1.54, 1.807) is 0 Å². The molecule has 0 aliphatic carbocycles. The average Bonchev–Trinajstić information content (AvgIpc) is 2.48. The van der Waals surface area contributed by atoms with Gasteiger partial charge in [0.1, 0.15) is 5.75 Å². The van der Waals surface area contributed by atoms with Crippen LogP contribution in [0.2, 0.25) is 0 Å². The predicted molar refractivity (Wildman–Crippen MR) is 83.3 cm³/mol. The van der Waals surface area contributed by atoms with Gasteiger partial charge in [-0.2, -0.15) is 0 Å². The molecule has 2 nitrogen and oxygen atoms in total. The first-order valence-corrected chi connectivity index (χ1v) is 7.16. The van der Waals surface area contributed by atoms with E-state index in [0.717, 1.165) is 22.1 Å². The van der Waals surface area contributed by atoms with E-state index in [0.29, 0.717) is 18.9 Å². The third kappa shape index (κ3) is 4.16. The van der Waals surface area contributed by atoms with Gasteiger partial charge < -0.3 is 9.47 Å². The number of hydrogen-bond donors (Lipinski definition) is 0. The quantitative estimate of drug-likeness (QED) is 0.355. The largest absolute Gasteiger partial charge is 0.468 e. The zero-order chi connectivity index (χ0) is 14.2. The molecule has 0 aliphatic rings. The van der Waals surface area contributed by atoms with Crippen molar-refractivity contribution in [2.75, 3.05) is 19.3 Å². The Morgan fingerprint density at radius 2 is 1.90 bits per heavy atom. The maximum Gasteiger partial charge on any atom is 0.189 e. The third-order valence-corrected chi connectivity index (χ3v) is 2.97. The Kier molecular flexibility index (Phi) is 5.73. The molecule has 0 aromatic heterocycles. The number of rotatable bonds is 5. The van der Waals surface area contributed by atoms with E-state index in [1.165, 1.54) is 0 Å². The lowest BCUT2D eigenvalue weighted by Gasteiger charge is -2.07. The second kappa shape index (κ2) is 7.79. The van der Waals surface area contributed by atoms with Gasteiger partial charge in [-0.3, -0.25) is 0 Å². The topological polar surface area (TPSA) is 18.5 Å². The standard InChI is InChI=1S/C17H17ClO2/c1-2-19-13-20-17-9-8-15-11-14(5-3-4-10-18)6-7-16(15)12-17/h6-9,11-12H,2,4,10,13H2,1H3. The van der Waals surface area contributed by atoms with Gasteiger partial charge in [0, 0.05) is 24.5 Å². The van der Waals surface area contributed by atoms with Crippen molar-refractivity contribution in [3.05, 3.63) is 42.0 Å². The van der Waals surface area contributed by atoms with Gasteiger partial charge in [-0.1, -0.05) is 24.0 Å². The molecule has 0 saturated heterocycles. The summed E-state index contributed by atoms with van der Waals surface area (Å²) in [7, 11) is 0. The van der Waals surface area contributed by atoms with Gasteiger partial charge >= 0.3 is 0 Å². The van der Waals surface area contributed by atoms with Crippen molar-refractivity contribution in [3.63, 3.8) is 0 Å². The number of fused-ring (bicyclic) bond motifs is 1. The Balaban J connectivity index is 2.15. The lowest BCUT2D eigenvalue weighted by Crippen LogP contribution is -2.01. The van der Waals surface area contributed by atoms with Gasteiger partial charge in [-0.05, 0) is 42.0 Å². The van der Waals surface area contributed by atoms with Crippen molar-refractivity contribution in [1.29, 1.82) is 0 Å². The molecule has 2 aromatic carbocycles. The van der Waals surface area contributed by atoms with E-state index < -0.39 is 0 Å². The molecular weight excluding hydrogens is 272 g/mol. The van der Waals surface area contributed by atoms with Crippen LogP contribution in [0.3, 0.4) is 0 Å². The predicted octanol–water partition coefficient (Wildman–Crippen LogP) is 4.19. The smallest absolute Gasteiger partial charge is 0.189 e. The molecule has 104 valence electrons. The van der Waals surface area contributed by atoms with E-state index in [-0.39, 0.29) is 6.79 Å². The minimum absolute atomic E-state index is 0.282. The molecule has 0 radical (unpaired) electrons. The highest BCUT2D eigenvalue weighted by atomic mass is 35.5. The van der Waals surface area contributed by atoms with Crippen LogP contribution in [-0.4, -0.2) is 19.3 Å². The van der Waals surface area contributed by atoms with Crippen LogP contribution in [0, 0.1) is 11.8 Å². The molecule has 20 heavy (non-hydrogen) atoms. The van der Waals surface area contributed by atoms with Gasteiger partial charge in [0.25, 0.3) is 0 Å². The molecule has 0 N–H and O–H groups in total. The normalized spacial score (nSPS) is 10.1. The number of benzene rings is 2. The van der Waals surface area contributed by atoms with Gasteiger partial charge in [0.05, 0.1) is 0 Å². The van der Waals surface area contributed by atoms with Crippen molar-refractivity contribution >= 4 is 22.4 Å². The summed E-state index contributed by atoms with van der Waals surface area (Å²) in [4.78, 5) is 0. The average molecular weight is 289 g/mol. The first-order valence-electron chi connectivity index (χ1n) is 6.62. The van der Waals surface area contributed by atoms with Gasteiger partial charge in [0.15, 0.2) is 6.79 Å². The maximum atomic E-state index is 5.61. The molecule has 0 bridgehead atoms. The Morgan fingerprint density at radius 1 is 1.10 bits per heavy atom. The van der Waals surface area contributed by atoms with Crippen LogP contribution in [0.4, 0.5) is 0 Å². The molecule has 0 saturated carbocycles. The fraction of sp³-hybridized carbons (Fsp3) is 0.294. The van der Waals surface area contributed by atoms with Crippen LogP contribution in [0.25, 0.3) is 10.8 Å².